The molecule has 0 aliphatic carbocycles. The Bertz CT molecular complexity index is 562. The van der Waals surface area contributed by atoms with Gasteiger partial charge in [0.25, 0.3) is 0 Å². The monoisotopic (exact) mass is 297 g/mol. The molecular formula is C19H27N3. The van der Waals surface area contributed by atoms with Crippen molar-refractivity contribution in [2.45, 2.75) is 25.2 Å². The van der Waals surface area contributed by atoms with E-state index in [0.717, 1.165) is 19.4 Å². The minimum Gasteiger partial charge on any atom is -0.367 e. The topological polar surface area (TPSA) is 31.1 Å². The fraction of sp³-hybridized carbons (Fsp3) is 0.474. The van der Waals surface area contributed by atoms with Gasteiger partial charge < -0.3 is 15.2 Å². The van der Waals surface area contributed by atoms with Crippen molar-refractivity contribution in [1.29, 1.82) is 0 Å². The summed E-state index contributed by atoms with van der Waals surface area (Å²) in [6, 6.07) is 11.2. The summed E-state index contributed by atoms with van der Waals surface area (Å²) in [5.74, 6) is 0.708. The van der Waals surface area contributed by atoms with Crippen molar-refractivity contribution in [3.63, 3.8) is 0 Å². The second-order valence-electron chi connectivity index (χ2n) is 6.31. The van der Waals surface area contributed by atoms with Crippen molar-refractivity contribution in [2.24, 2.45) is 0 Å². The summed E-state index contributed by atoms with van der Waals surface area (Å²) in [5, 5.41) is 3.27. The number of benzene rings is 1. The van der Waals surface area contributed by atoms with Crippen molar-refractivity contribution in [2.75, 3.05) is 33.2 Å². The maximum atomic E-state index is 3.27. The third kappa shape index (κ3) is 3.79. The van der Waals surface area contributed by atoms with E-state index in [1.165, 1.54) is 37.2 Å². The molecule has 2 N–H and O–H groups in total. The third-order valence-corrected chi connectivity index (χ3v) is 4.79. The maximum absolute atomic E-state index is 3.27. The zero-order valence-electron chi connectivity index (χ0n) is 13.5. The van der Waals surface area contributed by atoms with Crippen LogP contribution in [0.4, 0.5) is 0 Å². The van der Waals surface area contributed by atoms with Crippen molar-refractivity contribution in [3.05, 3.63) is 59.4 Å². The fourth-order valence-electron chi connectivity index (χ4n) is 3.51. The molecule has 0 saturated carbocycles. The number of nitrogens with zero attached hydrogens (tertiary/aromatic N) is 1. The van der Waals surface area contributed by atoms with Gasteiger partial charge in [-0.25, -0.2) is 0 Å². The predicted molar refractivity (Wildman–Crippen MR) is 92.4 cm³/mol. The van der Waals surface area contributed by atoms with Gasteiger partial charge in [-0.1, -0.05) is 24.3 Å². The number of likely N-dealkylation sites (N-methyl/N-ethyl adjacent to an activating group) is 1. The van der Waals surface area contributed by atoms with Crippen LogP contribution in [-0.2, 0) is 12.8 Å². The lowest BCUT2D eigenvalue weighted by Crippen LogP contribution is -2.23. The Morgan fingerprint density at radius 2 is 2.14 bits per heavy atom. The molecule has 1 atom stereocenters. The molecule has 1 aromatic carbocycles. The van der Waals surface area contributed by atoms with E-state index in [1.54, 1.807) is 5.56 Å². The van der Waals surface area contributed by atoms with Gasteiger partial charge in [-0.05, 0) is 68.1 Å². The number of nitrogens with one attached hydrogen (secondary N) is 2. The SMILES string of the molecule is CNCCc1ccccc1C1CCN(CCc2cc[nH]c2)C1. The summed E-state index contributed by atoms with van der Waals surface area (Å²) in [6.07, 6.45) is 7.70. The zero-order valence-corrected chi connectivity index (χ0v) is 13.5. The number of likely N-dealkylation sites (tertiary alicyclic amines) is 1. The first-order chi connectivity index (χ1) is 10.9. The van der Waals surface area contributed by atoms with Crippen LogP contribution >= 0.6 is 0 Å². The van der Waals surface area contributed by atoms with Gasteiger partial charge in [-0.15, -0.1) is 0 Å². The standard InChI is InChI=1S/C19H27N3/c1-20-10-7-17-4-2-3-5-19(17)18-9-13-22(15-18)12-8-16-6-11-21-14-16/h2-6,11,14,18,20-21H,7-10,12-13,15H2,1H3. The molecule has 1 aliphatic heterocycles. The van der Waals surface area contributed by atoms with Gasteiger partial charge in [0.15, 0.2) is 0 Å². The van der Waals surface area contributed by atoms with E-state index >= 15 is 0 Å². The Morgan fingerprint density at radius 1 is 1.23 bits per heavy atom. The Labute approximate surface area is 133 Å². The summed E-state index contributed by atoms with van der Waals surface area (Å²) in [4.78, 5) is 5.76. The molecule has 1 unspecified atom stereocenters. The van der Waals surface area contributed by atoms with E-state index in [1.807, 2.05) is 13.2 Å². The van der Waals surface area contributed by atoms with Crippen LogP contribution in [0.5, 0.6) is 0 Å². The average Bonchev–Trinajstić information content (AvgIpc) is 3.22. The number of hydrogen-bond donors (Lipinski definition) is 2. The Kier molecular flexibility index (Phi) is 5.30. The first kappa shape index (κ1) is 15.3. The highest BCUT2D eigenvalue weighted by atomic mass is 15.1. The second kappa shape index (κ2) is 7.61. The molecule has 118 valence electrons. The van der Waals surface area contributed by atoms with E-state index in [9.17, 15) is 0 Å². The number of rotatable bonds is 7. The molecule has 1 aliphatic rings. The van der Waals surface area contributed by atoms with Gasteiger partial charge in [0, 0.05) is 25.5 Å². The van der Waals surface area contributed by atoms with Crippen LogP contribution in [-0.4, -0.2) is 43.1 Å². The van der Waals surface area contributed by atoms with Crippen LogP contribution in [0, 0.1) is 0 Å². The Balaban J connectivity index is 1.58. The molecule has 0 radical (unpaired) electrons. The van der Waals surface area contributed by atoms with Gasteiger partial charge in [0.2, 0.25) is 0 Å². The van der Waals surface area contributed by atoms with Gasteiger partial charge >= 0.3 is 0 Å². The summed E-state index contributed by atoms with van der Waals surface area (Å²) < 4.78 is 0. The highest BCUT2D eigenvalue weighted by molar-refractivity contribution is 5.32. The lowest BCUT2D eigenvalue weighted by atomic mass is 9.92. The summed E-state index contributed by atoms with van der Waals surface area (Å²) >= 11 is 0. The quantitative estimate of drug-likeness (QED) is 0.823. The minimum atomic E-state index is 0.708. The minimum absolute atomic E-state index is 0.708. The summed E-state index contributed by atoms with van der Waals surface area (Å²) in [5.41, 5.74) is 4.51. The molecule has 3 heteroatoms. The van der Waals surface area contributed by atoms with Crippen molar-refractivity contribution >= 4 is 0 Å². The third-order valence-electron chi connectivity index (χ3n) is 4.79. The lowest BCUT2D eigenvalue weighted by molar-refractivity contribution is 0.339. The molecule has 2 heterocycles. The Morgan fingerprint density at radius 3 is 2.95 bits per heavy atom. The summed E-state index contributed by atoms with van der Waals surface area (Å²) in [7, 11) is 2.03. The molecule has 22 heavy (non-hydrogen) atoms. The normalized spacial score (nSPS) is 18.9. The van der Waals surface area contributed by atoms with Crippen LogP contribution in [0.1, 0.15) is 29.0 Å². The van der Waals surface area contributed by atoms with E-state index < -0.39 is 0 Å². The lowest BCUT2D eigenvalue weighted by Gasteiger charge is -2.18. The van der Waals surface area contributed by atoms with Gasteiger partial charge in [-0.2, -0.15) is 0 Å². The van der Waals surface area contributed by atoms with Crippen LogP contribution in [0.3, 0.4) is 0 Å². The van der Waals surface area contributed by atoms with E-state index in [0.29, 0.717) is 5.92 Å². The van der Waals surface area contributed by atoms with Crippen LogP contribution in [0.15, 0.2) is 42.7 Å². The van der Waals surface area contributed by atoms with Crippen molar-refractivity contribution in [1.82, 2.24) is 15.2 Å². The maximum Gasteiger partial charge on any atom is 0.00510 e. The predicted octanol–water partition coefficient (Wildman–Crippen LogP) is 2.81. The smallest absolute Gasteiger partial charge is 0.00510 e. The molecular weight excluding hydrogens is 270 g/mol. The number of H-pyrrole nitrogens is 1. The first-order valence-electron chi connectivity index (χ1n) is 8.43. The van der Waals surface area contributed by atoms with Crippen molar-refractivity contribution in [3.8, 4) is 0 Å². The fourth-order valence-corrected chi connectivity index (χ4v) is 3.51. The van der Waals surface area contributed by atoms with Crippen molar-refractivity contribution < 1.29 is 0 Å². The number of hydrogen-bond acceptors (Lipinski definition) is 2. The van der Waals surface area contributed by atoms with Gasteiger partial charge in [0.05, 0.1) is 0 Å². The molecule has 0 spiro atoms. The molecule has 0 amide bonds. The van der Waals surface area contributed by atoms with Crippen LogP contribution in [0.25, 0.3) is 0 Å². The second-order valence-corrected chi connectivity index (χ2v) is 6.31. The average molecular weight is 297 g/mol. The molecule has 1 saturated heterocycles. The van der Waals surface area contributed by atoms with Crippen LogP contribution in [0.2, 0.25) is 0 Å². The largest absolute Gasteiger partial charge is 0.367 e. The molecule has 3 rings (SSSR count). The van der Waals surface area contributed by atoms with Crippen LogP contribution < -0.4 is 5.32 Å². The van der Waals surface area contributed by atoms with Gasteiger partial charge in [-0.3, -0.25) is 0 Å². The molecule has 0 bridgehead atoms. The Hall–Kier alpha value is -1.58. The molecule has 3 nitrogen and oxygen atoms in total. The van der Waals surface area contributed by atoms with E-state index in [-0.39, 0.29) is 0 Å². The highest BCUT2D eigenvalue weighted by Crippen LogP contribution is 2.29. The molecule has 1 aromatic heterocycles. The van der Waals surface area contributed by atoms with E-state index in [4.69, 9.17) is 0 Å². The molecule has 2 aromatic rings. The number of aromatic nitrogens is 1. The highest BCUT2D eigenvalue weighted by Gasteiger charge is 2.24. The molecule has 1 fully saturated rings. The first-order valence-corrected chi connectivity index (χ1v) is 8.43. The zero-order chi connectivity index (χ0) is 15.2. The van der Waals surface area contributed by atoms with Gasteiger partial charge in [0.1, 0.15) is 0 Å². The summed E-state index contributed by atoms with van der Waals surface area (Å²) in [6.45, 7) is 4.67. The van der Waals surface area contributed by atoms with E-state index in [2.05, 4.69) is 51.7 Å². The number of aromatic amines is 1.